The zero-order chi connectivity index (χ0) is 14.4. The van der Waals surface area contributed by atoms with Crippen molar-refractivity contribution in [2.75, 3.05) is 14.2 Å². The average Bonchev–Trinajstić information content (AvgIpc) is 2.53. The van der Waals surface area contributed by atoms with E-state index in [-0.39, 0.29) is 6.04 Å². The summed E-state index contributed by atoms with van der Waals surface area (Å²) in [5.74, 6) is 7.21. The van der Waals surface area contributed by atoms with Gasteiger partial charge in [0, 0.05) is 6.04 Å². The van der Waals surface area contributed by atoms with Crippen LogP contribution in [0, 0.1) is 0 Å². The molecule has 1 aromatic carbocycles. The molecule has 0 aromatic heterocycles. The molecule has 20 heavy (non-hydrogen) atoms. The lowest BCUT2D eigenvalue weighted by atomic mass is 9.92. The lowest BCUT2D eigenvalue weighted by Gasteiger charge is -2.21. The quantitative estimate of drug-likeness (QED) is 0.476. The van der Waals surface area contributed by atoms with E-state index < -0.39 is 0 Å². The molecular weight excluding hydrogens is 252 g/mol. The van der Waals surface area contributed by atoms with Gasteiger partial charge in [-0.1, -0.05) is 17.7 Å². The van der Waals surface area contributed by atoms with Crippen LogP contribution in [0.4, 0.5) is 0 Å². The van der Waals surface area contributed by atoms with Gasteiger partial charge in [-0.05, 0) is 49.8 Å². The third-order valence-corrected chi connectivity index (χ3v) is 3.86. The summed E-state index contributed by atoms with van der Waals surface area (Å²) >= 11 is 0. The molecule has 4 heteroatoms. The van der Waals surface area contributed by atoms with Crippen molar-refractivity contribution in [3.05, 3.63) is 35.4 Å². The Kier molecular flexibility index (Phi) is 5.44. The number of hydrogen-bond donors (Lipinski definition) is 2. The Balaban J connectivity index is 2.16. The van der Waals surface area contributed by atoms with Crippen molar-refractivity contribution in [3.63, 3.8) is 0 Å². The summed E-state index contributed by atoms with van der Waals surface area (Å²) in [6.45, 7) is 0. The first kappa shape index (κ1) is 14.9. The van der Waals surface area contributed by atoms with E-state index in [1.807, 2.05) is 18.2 Å². The average molecular weight is 276 g/mol. The van der Waals surface area contributed by atoms with Crippen molar-refractivity contribution in [2.24, 2.45) is 5.84 Å². The van der Waals surface area contributed by atoms with Crippen molar-refractivity contribution in [1.82, 2.24) is 5.43 Å². The molecule has 2 rings (SSSR count). The van der Waals surface area contributed by atoms with Crippen molar-refractivity contribution >= 4 is 0 Å². The van der Waals surface area contributed by atoms with Gasteiger partial charge in [-0.2, -0.15) is 0 Å². The van der Waals surface area contributed by atoms with Crippen molar-refractivity contribution in [3.8, 4) is 11.5 Å². The van der Waals surface area contributed by atoms with Gasteiger partial charge in [0.2, 0.25) is 0 Å². The fourth-order valence-electron chi connectivity index (χ4n) is 2.69. The maximum atomic E-state index is 5.73. The summed E-state index contributed by atoms with van der Waals surface area (Å²) in [5.41, 5.74) is 5.53. The zero-order valence-corrected chi connectivity index (χ0v) is 12.3. The molecule has 0 bridgehead atoms. The molecule has 0 saturated carbocycles. The first-order chi connectivity index (χ1) is 9.78. The molecule has 1 unspecified atom stereocenters. The largest absolute Gasteiger partial charge is 0.493 e. The molecule has 0 amide bonds. The predicted octanol–water partition coefficient (Wildman–Crippen LogP) is 3.10. The highest BCUT2D eigenvalue weighted by atomic mass is 16.5. The highest BCUT2D eigenvalue weighted by Gasteiger charge is 2.15. The molecule has 0 saturated heterocycles. The Morgan fingerprint density at radius 2 is 2.00 bits per heavy atom. The summed E-state index contributed by atoms with van der Waals surface area (Å²) in [5, 5.41) is 0. The molecule has 1 aliphatic rings. The second-order valence-electron chi connectivity index (χ2n) is 5.15. The predicted molar refractivity (Wildman–Crippen MR) is 80.8 cm³/mol. The van der Waals surface area contributed by atoms with Crippen LogP contribution in [0.15, 0.2) is 29.8 Å². The molecule has 4 nitrogen and oxygen atoms in total. The van der Waals surface area contributed by atoms with Crippen LogP contribution >= 0.6 is 0 Å². The van der Waals surface area contributed by atoms with E-state index in [1.54, 1.807) is 14.2 Å². The smallest absolute Gasteiger partial charge is 0.161 e. The Bertz CT molecular complexity index is 472. The number of hydrogen-bond acceptors (Lipinski definition) is 4. The highest BCUT2D eigenvalue weighted by molar-refractivity contribution is 5.44. The summed E-state index contributed by atoms with van der Waals surface area (Å²) < 4.78 is 10.6. The van der Waals surface area contributed by atoms with Crippen molar-refractivity contribution in [1.29, 1.82) is 0 Å². The van der Waals surface area contributed by atoms with Gasteiger partial charge in [-0.3, -0.25) is 11.3 Å². The van der Waals surface area contributed by atoms with E-state index in [0.29, 0.717) is 0 Å². The number of allylic oxidation sites excluding steroid dienone is 1. The van der Waals surface area contributed by atoms with Crippen LogP contribution in [0.5, 0.6) is 11.5 Å². The van der Waals surface area contributed by atoms with E-state index in [2.05, 4.69) is 11.5 Å². The highest BCUT2D eigenvalue weighted by Crippen LogP contribution is 2.33. The molecule has 1 atom stereocenters. The Morgan fingerprint density at radius 3 is 2.60 bits per heavy atom. The van der Waals surface area contributed by atoms with Gasteiger partial charge in [-0.15, -0.1) is 0 Å². The topological polar surface area (TPSA) is 56.5 Å². The molecule has 0 aliphatic heterocycles. The van der Waals surface area contributed by atoms with Gasteiger partial charge in [0.1, 0.15) is 0 Å². The van der Waals surface area contributed by atoms with Gasteiger partial charge in [0.15, 0.2) is 11.5 Å². The number of methoxy groups -OCH3 is 2. The summed E-state index contributed by atoms with van der Waals surface area (Å²) in [6, 6.07) is 6.06. The fraction of sp³-hybridized carbons (Fsp3) is 0.500. The number of nitrogens with one attached hydrogen (secondary N) is 1. The van der Waals surface area contributed by atoms with E-state index in [0.717, 1.165) is 23.5 Å². The number of nitrogens with two attached hydrogens (primary N) is 1. The molecule has 3 N–H and O–H groups in total. The third kappa shape index (κ3) is 3.52. The van der Waals surface area contributed by atoms with Crippen molar-refractivity contribution < 1.29 is 9.47 Å². The SMILES string of the molecule is COc1ccc(C(CC2=CCCCC2)NN)cc1OC. The fourth-order valence-corrected chi connectivity index (χ4v) is 2.69. The number of hydrazine groups is 1. The minimum atomic E-state index is 0.110. The van der Waals surface area contributed by atoms with Crippen LogP contribution in [0.2, 0.25) is 0 Å². The molecule has 0 spiro atoms. The van der Waals surface area contributed by atoms with Gasteiger partial charge in [0.25, 0.3) is 0 Å². The maximum absolute atomic E-state index is 5.73. The molecular formula is C16H24N2O2. The van der Waals surface area contributed by atoms with Crippen LogP contribution in [-0.4, -0.2) is 14.2 Å². The van der Waals surface area contributed by atoms with Gasteiger partial charge in [-0.25, -0.2) is 0 Å². The third-order valence-electron chi connectivity index (χ3n) is 3.86. The summed E-state index contributed by atoms with van der Waals surface area (Å²) in [4.78, 5) is 0. The maximum Gasteiger partial charge on any atom is 0.161 e. The lowest BCUT2D eigenvalue weighted by molar-refractivity contribution is 0.353. The summed E-state index contributed by atoms with van der Waals surface area (Å²) in [6.07, 6.45) is 8.28. The van der Waals surface area contributed by atoms with Crippen LogP contribution in [0.25, 0.3) is 0 Å². The van der Waals surface area contributed by atoms with Crippen LogP contribution in [0.1, 0.15) is 43.7 Å². The molecule has 0 fully saturated rings. The number of rotatable bonds is 6. The number of benzene rings is 1. The zero-order valence-electron chi connectivity index (χ0n) is 12.3. The molecule has 0 heterocycles. The first-order valence-electron chi connectivity index (χ1n) is 7.14. The Morgan fingerprint density at radius 1 is 1.20 bits per heavy atom. The first-order valence-corrected chi connectivity index (χ1v) is 7.14. The summed E-state index contributed by atoms with van der Waals surface area (Å²) in [7, 11) is 3.29. The number of ether oxygens (including phenoxy) is 2. The van der Waals surface area contributed by atoms with Gasteiger partial charge >= 0.3 is 0 Å². The second kappa shape index (κ2) is 7.31. The molecule has 110 valence electrons. The second-order valence-corrected chi connectivity index (χ2v) is 5.15. The van der Waals surface area contributed by atoms with Crippen LogP contribution < -0.4 is 20.7 Å². The van der Waals surface area contributed by atoms with Crippen LogP contribution in [0.3, 0.4) is 0 Å². The lowest BCUT2D eigenvalue weighted by Crippen LogP contribution is -2.28. The normalized spacial score (nSPS) is 16.4. The van der Waals surface area contributed by atoms with Crippen molar-refractivity contribution in [2.45, 2.75) is 38.1 Å². The van der Waals surface area contributed by atoms with E-state index in [4.69, 9.17) is 15.3 Å². The minimum Gasteiger partial charge on any atom is -0.493 e. The van der Waals surface area contributed by atoms with Gasteiger partial charge < -0.3 is 9.47 Å². The molecule has 1 aliphatic carbocycles. The van der Waals surface area contributed by atoms with E-state index >= 15 is 0 Å². The van der Waals surface area contributed by atoms with Gasteiger partial charge in [0.05, 0.1) is 14.2 Å². The van der Waals surface area contributed by atoms with E-state index in [1.165, 1.54) is 31.3 Å². The minimum absolute atomic E-state index is 0.110. The standard InChI is InChI=1S/C16H24N2O2/c1-19-15-9-8-13(11-16(15)20-2)14(18-17)10-12-6-4-3-5-7-12/h6,8-9,11,14,18H,3-5,7,10,17H2,1-2H3. The molecule has 1 aromatic rings. The molecule has 0 radical (unpaired) electrons. The Hall–Kier alpha value is -1.52. The van der Waals surface area contributed by atoms with Crippen LogP contribution in [-0.2, 0) is 0 Å². The Labute approximate surface area is 120 Å². The monoisotopic (exact) mass is 276 g/mol. The van der Waals surface area contributed by atoms with E-state index in [9.17, 15) is 0 Å².